The summed E-state index contributed by atoms with van der Waals surface area (Å²) >= 11 is 0. The third-order valence-corrected chi connectivity index (χ3v) is 3.29. The molecule has 0 heterocycles. The van der Waals surface area contributed by atoms with Crippen molar-refractivity contribution >= 4 is 0 Å². The molecule has 0 spiro atoms. The second-order valence-corrected chi connectivity index (χ2v) is 4.90. The Morgan fingerprint density at radius 1 is 1.29 bits per heavy atom. The molecule has 0 fully saturated rings. The summed E-state index contributed by atoms with van der Waals surface area (Å²) in [4.78, 5) is 0. The van der Waals surface area contributed by atoms with Gasteiger partial charge in [0, 0.05) is 11.6 Å². The van der Waals surface area contributed by atoms with Crippen LogP contribution in [0, 0.1) is 24.1 Å². The summed E-state index contributed by atoms with van der Waals surface area (Å²) in [6.07, 6.45) is -0.847. The molecule has 0 unspecified atom stereocenters. The Labute approximate surface area is 123 Å². The molecule has 108 valence electrons. The lowest BCUT2D eigenvalue weighted by Gasteiger charge is -2.11. The molecule has 1 atom stereocenters. The molecule has 2 rings (SSSR count). The largest absolute Gasteiger partial charge is 0.489 e. The predicted octanol–water partition coefficient (Wildman–Crippen LogP) is 3.64. The minimum Gasteiger partial charge on any atom is -0.489 e. The van der Waals surface area contributed by atoms with Crippen molar-refractivity contribution in [2.75, 3.05) is 0 Å². The number of aliphatic hydroxyl groups is 1. The topological polar surface area (TPSA) is 53.2 Å². The zero-order valence-corrected chi connectivity index (χ0v) is 11.9. The first-order chi connectivity index (χ1) is 10.0. The maximum atomic E-state index is 13.7. The van der Waals surface area contributed by atoms with Gasteiger partial charge in [-0.15, -0.1) is 0 Å². The average Bonchev–Trinajstić information content (AvgIpc) is 2.45. The van der Waals surface area contributed by atoms with Gasteiger partial charge in [-0.2, -0.15) is 5.26 Å². The summed E-state index contributed by atoms with van der Waals surface area (Å²) < 4.78 is 19.3. The SMILES string of the molecule is Cc1cc(C#N)ccc1COc1ccc([C@H](C)O)c(F)c1. The van der Waals surface area contributed by atoms with Crippen molar-refractivity contribution in [1.29, 1.82) is 5.26 Å². The van der Waals surface area contributed by atoms with Crippen molar-refractivity contribution in [2.24, 2.45) is 0 Å². The minimum atomic E-state index is -0.847. The maximum Gasteiger partial charge on any atom is 0.132 e. The lowest BCUT2D eigenvalue weighted by atomic mass is 10.1. The van der Waals surface area contributed by atoms with Crippen molar-refractivity contribution in [3.63, 3.8) is 0 Å². The molecule has 0 aromatic heterocycles. The molecule has 4 heteroatoms. The molecule has 0 saturated carbocycles. The van der Waals surface area contributed by atoms with Crippen molar-refractivity contribution in [3.05, 3.63) is 64.5 Å². The zero-order chi connectivity index (χ0) is 15.4. The van der Waals surface area contributed by atoms with Crippen LogP contribution in [0.3, 0.4) is 0 Å². The van der Waals surface area contributed by atoms with Crippen LogP contribution in [-0.2, 0) is 6.61 Å². The van der Waals surface area contributed by atoms with Crippen LogP contribution in [-0.4, -0.2) is 5.11 Å². The fraction of sp³-hybridized carbons (Fsp3) is 0.235. The monoisotopic (exact) mass is 285 g/mol. The molecule has 0 aliphatic heterocycles. The van der Waals surface area contributed by atoms with E-state index in [4.69, 9.17) is 10.00 Å². The van der Waals surface area contributed by atoms with Crippen LogP contribution in [0.5, 0.6) is 5.75 Å². The Hall–Kier alpha value is -2.38. The summed E-state index contributed by atoms with van der Waals surface area (Å²) in [7, 11) is 0. The quantitative estimate of drug-likeness (QED) is 0.933. The van der Waals surface area contributed by atoms with Gasteiger partial charge in [-0.25, -0.2) is 4.39 Å². The summed E-state index contributed by atoms with van der Waals surface area (Å²) in [6, 6.07) is 11.8. The number of benzene rings is 2. The van der Waals surface area contributed by atoms with Gasteiger partial charge in [0.1, 0.15) is 18.2 Å². The fourth-order valence-electron chi connectivity index (χ4n) is 2.02. The molecule has 0 aliphatic carbocycles. The summed E-state index contributed by atoms with van der Waals surface area (Å²) in [5.74, 6) is -0.0836. The van der Waals surface area contributed by atoms with E-state index in [1.807, 2.05) is 13.0 Å². The highest BCUT2D eigenvalue weighted by atomic mass is 19.1. The van der Waals surface area contributed by atoms with Crippen molar-refractivity contribution in [2.45, 2.75) is 26.6 Å². The molecule has 3 nitrogen and oxygen atoms in total. The van der Waals surface area contributed by atoms with Gasteiger partial charge < -0.3 is 9.84 Å². The maximum absolute atomic E-state index is 13.7. The van der Waals surface area contributed by atoms with Crippen LogP contribution in [0.2, 0.25) is 0 Å². The zero-order valence-electron chi connectivity index (χ0n) is 11.9. The molecule has 0 aliphatic rings. The normalized spacial score (nSPS) is 11.8. The Morgan fingerprint density at radius 2 is 2.05 bits per heavy atom. The smallest absolute Gasteiger partial charge is 0.132 e. The minimum absolute atomic E-state index is 0.247. The molecule has 0 radical (unpaired) electrons. The van der Waals surface area contributed by atoms with Gasteiger partial charge >= 0.3 is 0 Å². The predicted molar refractivity (Wildman–Crippen MR) is 77.3 cm³/mol. The summed E-state index contributed by atoms with van der Waals surface area (Å²) in [6.45, 7) is 3.71. The van der Waals surface area contributed by atoms with Crippen molar-refractivity contribution in [3.8, 4) is 11.8 Å². The van der Waals surface area contributed by atoms with E-state index in [1.165, 1.54) is 19.1 Å². The van der Waals surface area contributed by atoms with E-state index in [2.05, 4.69) is 6.07 Å². The van der Waals surface area contributed by atoms with Crippen molar-refractivity contribution < 1.29 is 14.2 Å². The van der Waals surface area contributed by atoms with E-state index in [0.717, 1.165) is 11.1 Å². The Bertz CT molecular complexity index is 690. The highest BCUT2D eigenvalue weighted by Crippen LogP contribution is 2.23. The van der Waals surface area contributed by atoms with E-state index in [9.17, 15) is 9.50 Å². The molecule has 2 aromatic rings. The number of halogens is 1. The summed E-state index contributed by atoms with van der Waals surface area (Å²) in [5.41, 5.74) is 2.74. The first-order valence-corrected chi connectivity index (χ1v) is 6.61. The van der Waals surface area contributed by atoms with E-state index in [-0.39, 0.29) is 5.56 Å². The lowest BCUT2D eigenvalue weighted by molar-refractivity contribution is 0.194. The second kappa shape index (κ2) is 6.38. The third-order valence-electron chi connectivity index (χ3n) is 3.29. The number of aryl methyl sites for hydroxylation is 1. The number of ether oxygens (including phenoxy) is 1. The van der Waals surface area contributed by atoms with Gasteiger partial charge in [-0.05, 0) is 49.2 Å². The Balaban J connectivity index is 2.10. The molecule has 0 saturated heterocycles. The van der Waals surface area contributed by atoms with Crippen LogP contribution in [0.15, 0.2) is 36.4 Å². The van der Waals surface area contributed by atoms with E-state index >= 15 is 0 Å². The lowest BCUT2D eigenvalue weighted by Crippen LogP contribution is -2.00. The van der Waals surface area contributed by atoms with Gasteiger partial charge in [-0.3, -0.25) is 0 Å². The van der Waals surface area contributed by atoms with Gasteiger partial charge in [0.25, 0.3) is 0 Å². The average molecular weight is 285 g/mol. The van der Waals surface area contributed by atoms with E-state index in [1.54, 1.807) is 18.2 Å². The molecular weight excluding hydrogens is 269 g/mol. The van der Waals surface area contributed by atoms with Gasteiger partial charge in [0.2, 0.25) is 0 Å². The van der Waals surface area contributed by atoms with Gasteiger partial charge in [0.15, 0.2) is 0 Å². The number of nitrogens with zero attached hydrogens (tertiary/aromatic N) is 1. The third kappa shape index (κ3) is 3.59. The number of hydrogen-bond donors (Lipinski definition) is 1. The standard InChI is InChI=1S/C17H16FNO2/c1-11-7-13(9-19)3-4-14(11)10-21-15-5-6-16(12(2)20)17(18)8-15/h3-8,12,20H,10H2,1-2H3/t12-/m0/s1. The number of rotatable bonds is 4. The summed E-state index contributed by atoms with van der Waals surface area (Å²) in [5, 5.41) is 18.2. The van der Waals surface area contributed by atoms with Gasteiger partial charge in [0.05, 0.1) is 17.7 Å². The first kappa shape index (κ1) is 15.0. The highest BCUT2D eigenvalue weighted by Gasteiger charge is 2.09. The van der Waals surface area contributed by atoms with Crippen LogP contribution < -0.4 is 4.74 Å². The first-order valence-electron chi connectivity index (χ1n) is 6.61. The van der Waals surface area contributed by atoms with Crippen LogP contribution in [0.25, 0.3) is 0 Å². The molecule has 2 aromatic carbocycles. The Morgan fingerprint density at radius 3 is 2.62 bits per heavy atom. The number of nitriles is 1. The van der Waals surface area contributed by atoms with Crippen molar-refractivity contribution in [1.82, 2.24) is 0 Å². The molecular formula is C17H16FNO2. The van der Waals surface area contributed by atoms with Crippen LogP contribution >= 0.6 is 0 Å². The van der Waals surface area contributed by atoms with Gasteiger partial charge in [-0.1, -0.05) is 6.07 Å². The van der Waals surface area contributed by atoms with Crippen LogP contribution in [0.4, 0.5) is 4.39 Å². The van der Waals surface area contributed by atoms with Crippen LogP contribution in [0.1, 0.15) is 35.3 Å². The number of aliphatic hydroxyl groups excluding tert-OH is 1. The molecule has 0 amide bonds. The molecule has 0 bridgehead atoms. The highest BCUT2D eigenvalue weighted by molar-refractivity contribution is 5.37. The van der Waals surface area contributed by atoms with E-state index in [0.29, 0.717) is 17.9 Å². The second-order valence-electron chi connectivity index (χ2n) is 4.90. The molecule has 21 heavy (non-hydrogen) atoms. The number of hydrogen-bond acceptors (Lipinski definition) is 3. The molecule has 1 N–H and O–H groups in total. The Kier molecular flexibility index (Phi) is 4.56. The van der Waals surface area contributed by atoms with E-state index < -0.39 is 11.9 Å². The fourth-order valence-corrected chi connectivity index (χ4v) is 2.02.